The molecule has 0 spiro atoms. The number of likely N-dealkylation sites (tertiary alicyclic amines) is 1. The van der Waals surface area contributed by atoms with Crippen molar-refractivity contribution in [2.24, 2.45) is 5.92 Å². The third-order valence-corrected chi connectivity index (χ3v) is 5.54. The van der Waals surface area contributed by atoms with Crippen LogP contribution in [0.4, 0.5) is 0 Å². The van der Waals surface area contributed by atoms with Crippen LogP contribution in [0.1, 0.15) is 37.1 Å². The topological polar surface area (TPSA) is 73.8 Å². The van der Waals surface area contributed by atoms with Crippen LogP contribution in [-0.4, -0.2) is 35.1 Å². The van der Waals surface area contributed by atoms with Crippen molar-refractivity contribution in [3.05, 3.63) is 59.7 Å². The van der Waals surface area contributed by atoms with E-state index in [2.05, 4.69) is 10.9 Å². The Morgan fingerprint density at radius 1 is 1.07 bits per heavy atom. The van der Waals surface area contributed by atoms with Gasteiger partial charge in [0, 0.05) is 18.0 Å². The van der Waals surface area contributed by atoms with Crippen LogP contribution < -0.4 is 15.6 Å². The number of ether oxygens (including phenoxy) is 1. The van der Waals surface area contributed by atoms with Crippen LogP contribution in [0.2, 0.25) is 0 Å². The van der Waals surface area contributed by atoms with Gasteiger partial charge in [-0.2, -0.15) is 0 Å². The van der Waals surface area contributed by atoms with Crippen LogP contribution in [0.15, 0.2) is 48.5 Å². The maximum atomic E-state index is 13.0. The fraction of sp³-hybridized carbons (Fsp3) is 0.381. The Morgan fingerprint density at radius 2 is 1.85 bits per heavy atom. The second-order valence-corrected chi connectivity index (χ2v) is 6.95. The molecule has 4 atom stereocenters. The van der Waals surface area contributed by atoms with Crippen LogP contribution >= 0.6 is 0 Å². The largest absolute Gasteiger partial charge is 0.508 e. The number of fused-ring (bicyclic) bond motifs is 1. The predicted octanol–water partition coefficient (Wildman–Crippen LogP) is 2.53. The molecule has 4 rings (SSSR count). The number of phenols is 1. The van der Waals surface area contributed by atoms with Crippen molar-refractivity contribution in [1.29, 1.82) is 0 Å². The Hall–Kier alpha value is -2.57. The third-order valence-electron chi connectivity index (χ3n) is 5.54. The van der Waals surface area contributed by atoms with Crippen molar-refractivity contribution < 1.29 is 14.6 Å². The summed E-state index contributed by atoms with van der Waals surface area (Å²) in [5.74, 6) is 1.09. The molecule has 142 valence electrons. The number of carbonyl (C=O) groups is 1. The van der Waals surface area contributed by atoms with Gasteiger partial charge in [0.05, 0.1) is 18.7 Å². The van der Waals surface area contributed by atoms with E-state index in [4.69, 9.17) is 4.74 Å². The summed E-state index contributed by atoms with van der Waals surface area (Å²) in [5.41, 5.74) is 8.26. The minimum atomic E-state index is -0.324. The van der Waals surface area contributed by atoms with Gasteiger partial charge in [-0.1, -0.05) is 30.3 Å². The van der Waals surface area contributed by atoms with Crippen molar-refractivity contribution >= 4 is 5.91 Å². The number of benzene rings is 2. The normalized spacial score (nSPS) is 27.0. The van der Waals surface area contributed by atoms with Crippen LogP contribution in [0, 0.1) is 5.92 Å². The van der Waals surface area contributed by atoms with Crippen molar-refractivity contribution in [3.63, 3.8) is 0 Å². The Bertz CT molecular complexity index is 841. The summed E-state index contributed by atoms with van der Waals surface area (Å²) in [4.78, 5) is 14.9. The van der Waals surface area contributed by atoms with E-state index in [0.29, 0.717) is 13.2 Å². The molecule has 0 radical (unpaired) electrons. The Labute approximate surface area is 159 Å². The molecular weight excluding hydrogens is 342 g/mol. The second-order valence-electron chi connectivity index (χ2n) is 6.95. The summed E-state index contributed by atoms with van der Waals surface area (Å²) >= 11 is 0. The molecule has 2 aromatic rings. The number of aromatic hydroxyl groups is 1. The summed E-state index contributed by atoms with van der Waals surface area (Å²) in [6, 6.07) is 14.7. The highest BCUT2D eigenvalue weighted by molar-refractivity contribution is 5.86. The minimum Gasteiger partial charge on any atom is -0.508 e. The van der Waals surface area contributed by atoms with E-state index >= 15 is 0 Å². The molecular formula is C21H25N3O3. The Balaban J connectivity index is 1.77. The van der Waals surface area contributed by atoms with Gasteiger partial charge in [0.2, 0.25) is 5.91 Å². The van der Waals surface area contributed by atoms with Gasteiger partial charge in [0.25, 0.3) is 0 Å². The van der Waals surface area contributed by atoms with Gasteiger partial charge in [0.1, 0.15) is 17.5 Å². The van der Waals surface area contributed by atoms with E-state index in [1.807, 2.05) is 55.1 Å². The highest BCUT2D eigenvalue weighted by Crippen LogP contribution is 2.48. The summed E-state index contributed by atoms with van der Waals surface area (Å²) in [6.07, 6.45) is 0. The van der Waals surface area contributed by atoms with E-state index in [-0.39, 0.29) is 35.7 Å². The lowest BCUT2D eigenvalue weighted by Gasteiger charge is -2.31. The molecule has 2 aliphatic heterocycles. The first-order valence-corrected chi connectivity index (χ1v) is 9.47. The number of likely N-dealkylation sites (N-methyl/N-ethyl adjacent to an activating group) is 1. The predicted molar refractivity (Wildman–Crippen MR) is 102 cm³/mol. The van der Waals surface area contributed by atoms with Crippen molar-refractivity contribution in [3.8, 4) is 11.5 Å². The summed E-state index contributed by atoms with van der Waals surface area (Å²) in [5, 5.41) is 10.4. The summed E-state index contributed by atoms with van der Waals surface area (Å²) in [6.45, 7) is 5.19. The van der Waals surface area contributed by atoms with Gasteiger partial charge in [-0.25, -0.2) is 10.9 Å². The molecule has 6 heteroatoms. The lowest BCUT2D eigenvalue weighted by molar-refractivity contribution is -0.130. The smallest absolute Gasteiger partial charge is 0.242 e. The minimum absolute atomic E-state index is 0.0392. The average molecular weight is 367 g/mol. The van der Waals surface area contributed by atoms with E-state index in [1.54, 1.807) is 12.1 Å². The standard InChI is InChI=1S/C21H25N3O3/c1-3-24-20(13-8-7-9-14(12-13)27-4-2)17-18(22-23-19(17)21(24)26)15-10-5-6-11-16(15)25/h5-12,17-20,22-23,25H,3-4H2,1-2H3. The average Bonchev–Trinajstić information content (AvgIpc) is 3.21. The third kappa shape index (κ3) is 2.95. The zero-order chi connectivity index (χ0) is 19.0. The number of nitrogens with one attached hydrogen (secondary N) is 2. The molecule has 1 amide bonds. The molecule has 2 saturated heterocycles. The molecule has 2 heterocycles. The van der Waals surface area contributed by atoms with Crippen LogP contribution in [0.25, 0.3) is 0 Å². The van der Waals surface area contributed by atoms with Gasteiger partial charge in [0.15, 0.2) is 0 Å². The number of rotatable bonds is 5. The number of carbonyl (C=O) groups excluding carboxylic acids is 1. The number of phenolic OH excluding ortho intramolecular Hbond substituents is 1. The number of hydrogen-bond donors (Lipinski definition) is 3. The second kappa shape index (κ2) is 7.21. The fourth-order valence-electron chi connectivity index (χ4n) is 4.42. The van der Waals surface area contributed by atoms with Crippen molar-refractivity contribution in [2.45, 2.75) is 32.0 Å². The molecule has 0 bridgehead atoms. The van der Waals surface area contributed by atoms with Crippen LogP contribution in [0.5, 0.6) is 11.5 Å². The molecule has 0 aromatic heterocycles. The lowest BCUT2D eigenvalue weighted by Crippen LogP contribution is -2.41. The van der Waals surface area contributed by atoms with Crippen molar-refractivity contribution in [2.75, 3.05) is 13.2 Å². The number of hydrazine groups is 1. The summed E-state index contributed by atoms with van der Waals surface area (Å²) < 4.78 is 5.67. The first-order valence-electron chi connectivity index (χ1n) is 9.47. The summed E-state index contributed by atoms with van der Waals surface area (Å²) in [7, 11) is 0. The number of hydrogen-bond acceptors (Lipinski definition) is 5. The van der Waals surface area contributed by atoms with E-state index in [0.717, 1.165) is 16.9 Å². The van der Waals surface area contributed by atoms with Gasteiger partial charge >= 0.3 is 0 Å². The molecule has 27 heavy (non-hydrogen) atoms. The van der Waals surface area contributed by atoms with E-state index in [1.165, 1.54) is 0 Å². The monoisotopic (exact) mass is 367 g/mol. The van der Waals surface area contributed by atoms with Gasteiger partial charge < -0.3 is 14.7 Å². The number of nitrogens with zero attached hydrogens (tertiary/aromatic N) is 1. The molecule has 3 N–H and O–H groups in total. The Morgan fingerprint density at radius 3 is 2.59 bits per heavy atom. The molecule has 6 nitrogen and oxygen atoms in total. The van der Waals surface area contributed by atoms with E-state index < -0.39 is 0 Å². The van der Waals surface area contributed by atoms with Crippen LogP contribution in [0.3, 0.4) is 0 Å². The molecule has 4 unspecified atom stereocenters. The quantitative estimate of drug-likeness (QED) is 0.757. The van der Waals surface area contributed by atoms with Gasteiger partial charge in [-0.15, -0.1) is 0 Å². The van der Waals surface area contributed by atoms with Crippen molar-refractivity contribution in [1.82, 2.24) is 15.8 Å². The molecule has 0 saturated carbocycles. The van der Waals surface area contributed by atoms with Crippen LogP contribution in [-0.2, 0) is 4.79 Å². The maximum absolute atomic E-state index is 13.0. The number of amides is 1. The molecule has 2 aromatic carbocycles. The van der Waals surface area contributed by atoms with Gasteiger partial charge in [-0.3, -0.25) is 4.79 Å². The highest BCUT2D eigenvalue weighted by Gasteiger charge is 2.55. The maximum Gasteiger partial charge on any atom is 0.242 e. The Kier molecular flexibility index (Phi) is 4.76. The zero-order valence-electron chi connectivity index (χ0n) is 15.6. The van der Waals surface area contributed by atoms with Gasteiger partial charge in [-0.05, 0) is 37.6 Å². The molecule has 2 aliphatic rings. The highest BCUT2D eigenvalue weighted by atomic mass is 16.5. The number of para-hydroxylation sites is 1. The first-order chi connectivity index (χ1) is 13.2. The molecule has 0 aliphatic carbocycles. The molecule has 2 fully saturated rings. The SMILES string of the molecule is CCOc1cccc(C2C3C(NNC3c3ccccc3O)C(=O)N2CC)c1. The zero-order valence-corrected chi connectivity index (χ0v) is 15.6. The lowest BCUT2D eigenvalue weighted by atomic mass is 9.83. The fourth-order valence-corrected chi connectivity index (χ4v) is 4.42. The van der Waals surface area contributed by atoms with E-state index in [9.17, 15) is 9.90 Å². The first kappa shape index (κ1) is 17.8.